The Morgan fingerprint density at radius 2 is 1.97 bits per heavy atom. The van der Waals surface area contributed by atoms with Crippen LogP contribution in [0.1, 0.15) is 12.0 Å². The molecule has 0 saturated heterocycles. The highest BCUT2D eigenvalue weighted by Gasteiger charge is 2.36. The van der Waals surface area contributed by atoms with E-state index in [1.807, 2.05) is 12.1 Å². The molecule has 1 aliphatic heterocycles. The van der Waals surface area contributed by atoms with Crippen molar-refractivity contribution in [2.75, 3.05) is 24.5 Å². The fourth-order valence-corrected chi connectivity index (χ4v) is 5.15. The van der Waals surface area contributed by atoms with Crippen LogP contribution in [0.5, 0.6) is 0 Å². The number of hydrogen-bond acceptors (Lipinski definition) is 4. The SMILES string of the molecule is C=CCN(C)C(=O)OCC1CCc2ccccc2N1S(=O)(=O)c1ccc(Cl)cc1. The zero-order valence-corrected chi connectivity index (χ0v) is 17.7. The van der Waals surface area contributed by atoms with Gasteiger partial charge >= 0.3 is 6.09 Å². The Balaban J connectivity index is 1.93. The van der Waals surface area contributed by atoms with Gasteiger partial charge in [-0.25, -0.2) is 13.2 Å². The fraction of sp³-hybridized carbons (Fsp3) is 0.286. The van der Waals surface area contributed by atoms with Crippen LogP contribution in [0, 0.1) is 0 Å². The van der Waals surface area contributed by atoms with E-state index in [4.69, 9.17) is 16.3 Å². The van der Waals surface area contributed by atoms with Crippen molar-refractivity contribution < 1.29 is 17.9 Å². The van der Waals surface area contributed by atoms with Gasteiger partial charge < -0.3 is 9.64 Å². The lowest BCUT2D eigenvalue weighted by molar-refractivity contribution is 0.107. The van der Waals surface area contributed by atoms with Gasteiger partial charge in [-0.2, -0.15) is 0 Å². The molecule has 0 N–H and O–H groups in total. The Bertz CT molecular complexity index is 992. The number of carbonyl (C=O) groups is 1. The van der Waals surface area contributed by atoms with Crippen LogP contribution >= 0.6 is 11.6 Å². The summed E-state index contributed by atoms with van der Waals surface area (Å²) in [7, 11) is -2.27. The minimum atomic E-state index is -3.87. The maximum atomic E-state index is 13.5. The first-order chi connectivity index (χ1) is 13.8. The van der Waals surface area contributed by atoms with Gasteiger partial charge in [0.05, 0.1) is 16.6 Å². The zero-order chi connectivity index (χ0) is 21.0. The predicted molar refractivity (Wildman–Crippen MR) is 114 cm³/mol. The average molecular weight is 435 g/mol. The van der Waals surface area contributed by atoms with Crippen molar-refractivity contribution in [2.24, 2.45) is 0 Å². The van der Waals surface area contributed by atoms with Gasteiger partial charge in [0.1, 0.15) is 6.61 Å². The number of nitrogens with zero attached hydrogens (tertiary/aromatic N) is 2. The molecule has 2 aromatic carbocycles. The lowest BCUT2D eigenvalue weighted by atomic mass is 9.98. The van der Waals surface area contributed by atoms with Gasteiger partial charge in [-0.05, 0) is 48.7 Å². The summed E-state index contributed by atoms with van der Waals surface area (Å²) >= 11 is 5.92. The van der Waals surface area contributed by atoms with E-state index in [1.165, 1.54) is 21.3 Å². The first-order valence-electron chi connectivity index (χ1n) is 9.21. The van der Waals surface area contributed by atoms with Gasteiger partial charge in [0.15, 0.2) is 0 Å². The van der Waals surface area contributed by atoms with E-state index in [0.29, 0.717) is 30.1 Å². The largest absolute Gasteiger partial charge is 0.447 e. The summed E-state index contributed by atoms with van der Waals surface area (Å²) in [6.45, 7) is 3.90. The third-order valence-electron chi connectivity index (χ3n) is 4.79. The van der Waals surface area contributed by atoms with Crippen molar-refractivity contribution in [1.29, 1.82) is 0 Å². The number of rotatable bonds is 6. The van der Waals surface area contributed by atoms with E-state index >= 15 is 0 Å². The highest BCUT2D eigenvalue weighted by molar-refractivity contribution is 7.92. The number of benzene rings is 2. The maximum absolute atomic E-state index is 13.5. The van der Waals surface area contributed by atoms with Gasteiger partial charge in [0, 0.05) is 18.6 Å². The number of ether oxygens (including phenoxy) is 1. The number of hydrogen-bond donors (Lipinski definition) is 0. The zero-order valence-electron chi connectivity index (χ0n) is 16.1. The van der Waals surface area contributed by atoms with Crippen LogP contribution in [0.3, 0.4) is 0 Å². The highest BCUT2D eigenvalue weighted by atomic mass is 35.5. The molecule has 0 saturated carbocycles. The van der Waals surface area contributed by atoms with Crippen LogP contribution in [0.25, 0.3) is 0 Å². The summed E-state index contributed by atoms with van der Waals surface area (Å²) < 4.78 is 33.7. The molecule has 1 amide bonds. The normalized spacial score (nSPS) is 16.1. The van der Waals surface area contributed by atoms with Gasteiger partial charge in [-0.1, -0.05) is 35.9 Å². The molecular formula is C21H23ClN2O4S. The average Bonchev–Trinajstić information content (AvgIpc) is 2.71. The van der Waals surface area contributed by atoms with Gasteiger partial charge in [0.25, 0.3) is 10.0 Å². The summed E-state index contributed by atoms with van der Waals surface area (Å²) in [5.41, 5.74) is 1.55. The van der Waals surface area contributed by atoms with Crippen LogP contribution in [0.2, 0.25) is 5.02 Å². The van der Waals surface area contributed by atoms with Crippen molar-refractivity contribution >= 4 is 33.4 Å². The van der Waals surface area contributed by atoms with E-state index in [0.717, 1.165) is 5.56 Å². The molecule has 0 aromatic heterocycles. The quantitative estimate of drug-likeness (QED) is 0.642. The summed E-state index contributed by atoms with van der Waals surface area (Å²) in [6, 6.07) is 12.9. The van der Waals surface area contributed by atoms with Gasteiger partial charge in [0.2, 0.25) is 0 Å². The summed E-state index contributed by atoms with van der Waals surface area (Å²) in [5, 5.41) is 0.457. The Kier molecular flexibility index (Phi) is 6.49. The van der Waals surface area contributed by atoms with Gasteiger partial charge in [-0.3, -0.25) is 4.31 Å². The van der Waals surface area contributed by atoms with E-state index in [9.17, 15) is 13.2 Å². The molecule has 0 fully saturated rings. The van der Waals surface area contributed by atoms with Crippen molar-refractivity contribution in [1.82, 2.24) is 4.90 Å². The van der Waals surface area contributed by atoms with Crippen LogP contribution in [-0.4, -0.2) is 45.7 Å². The third-order valence-corrected chi connectivity index (χ3v) is 6.92. The number of halogens is 1. The Morgan fingerprint density at radius 1 is 1.28 bits per heavy atom. The van der Waals surface area contributed by atoms with Crippen molar-refractivity contribution in [2.45, 2.75) is 23.8 Å². The fourth-order valence-electron chi connectivity index (χ4n) is 3.32. The third kappa shape index (κ3) is 4.57. The molecule has 1 unspecified atom stereocenters. The molecule has 0 spiro atoms. The van der Waals surface area contributed by atoms with Crippen molar-refractivity contribution in [3.05, 3.63) is 71.8 Å². The molecule has 6 nitrogen and oxygen atoms in total. The highest BCUT2D eigenvalue weighted by Crippen LogP contribution is 2.35. The predicted octanol–water partition coefficient (Wildman–Crippen LogP) is 4.10. The Hall–Kier alpha value is -2.51. The van der Waals surface area contributed by atoms with E-state index in [2.05, 4.69) is 6.58 Å². The number of carbonyl (C=O) groups excluding carboxylic acids is 1. The molecule has 0 bridgehead atoms. The first kappa shape index (κ1) is 21.2. The smallest absolute Gasteiger partial charge is 0.409 e. The van der Waals surface area contributed by atoms with Crippen LogP contribution in [-0.2, 0) is 21.2 Å². The Labute approximate surface area is 176 Å². The lowest BCUT2D eigenvalue weighted by Crippen LogP contribution is -2.47. The van der Waals surface area contributed by atoms with Crippen molar-refractivity contribution in [3.8, 4) is 0 Å². The van der Waals surface area contributed by atoms with Gasteiger partial charge in [-0.15, -0.1) is 6.58 Å². The minimum absolute atomic E-state index is 0.0402. The molecule has 8 heteroatoms. The monoisotopic (exact) mass is 434 g/mol. The number of fused-ring (bicyclic) bond motifs is 1. The minimum Gasteiger partial charge on any atom is -0.447 e. The molecule has 1 aliphatic rings. The first-order valence-corrected chi connectivity index (χ1v) is 11.0. The number of amides is 1. The van der Waals surface area contributed by atoms with Crippen LogP contribution in [0.15, 0.2) is 66.1 Å². The standard InChI is InChI=1S/C21H23ClN2O4S/c1-3-14-23(2)21(25)28-15-18-11-8-16-6-4-5-7-20(16)24(18)29(26,27)19-12-9-17(22)10-13-19/h3-7,9-10,12-13,18H,1,8,11,14-15H2,2H3. The number of aryl methyl sites for hydroxylation is 1. The molecule has 154 valence electrons. The summed E-state index contributed by atoms with van der Waals surface area (Å²) in [6.07, 6.45) is 2.32. The molecule has 0 aliphatic carbocycles. The van der Waals surface area contributed by atoms with E-state index in [1.54, 1.807) is 37.4 Å². The molecular weight excluding hydrogens is 412 g/mol. The number of likely N-dealkylation sites (N-methyl/N-ethyl adjacent to an activating group) is 1. The molecule has 1 heterocycles. The number of anilines is 1. The molecule has 1 atom stereocenters. The molecule has 2 aromatic rings. The summed E-state index contributed by atoms with van der Waals surface area (Å²) in [4.78, 5) is 13.7. The number of sulfonamides is 1. The topological polar surface area (TPSA) is 66.9 Å². The van der Waals surface area contributed by atoms with E-state index in [-0.39, 0.29) is 11.5 Å². The second-order valence-electron chi connectivity index (χ2n) is 6.82. The van der Waals surface area contributed by atoms with E-state index < -0.39 is 22.2 Å². The molecule has 3 rings (SSSR count). The Morgan fingerprint density at radius 3 is 2.66 bits per heavy atom. The summed E-state index contributed by atoms with van der Waals surface area (Å²) in [5.74, 6) is 0. The second-order valence-corrected chi connectivity index (χ2v) is 9.07. The maximum Gasteiger partial charge on any atom is 0.409 e. The lowest BCUT2D eigenvalue weighted by Gasteiger charge is -2.37. The molecule has 0 radical (unpaired) electrons. The second kappa shape index (κ2) is 8.88. The van der Waals surface area contributed by atoms with Crippen LogP contribution < -0.4 is 4.31 Å². The molecule has 29 heavy (non-hydrogen) atoms. The van der Waals surface area contributed by atoms with Crippen molar-refractivity contribution in [3.63, 3.8) is 0 Å². The van der Waals surface area contributed by atoms with Crippen LogP contribution in [0.4, 0.5) is 10.5 Å². The number of para-hydroxylation sites is 1.